The van der Waals surface area contributed by atoms with Gasteiger partial charge in [-0.15, -0.1) is 0 Å². The largest absolute Gasteiger partial charge is 0.416 e. The Labute approximate surface area is 226 Å². The van der Waals surface area contributed by atoms with Gasteiger partial charge in [0.05, 0.1) is 37.6 Å². The average molecular weight is 552 g/mol. The monoisotopic (exact) mass is 551 g/mol. The number of nitrogens with one attached hydrogen (secondary N) is 1. The third-order valence-electron chi connectivity index (χ3n) is 7.01. The summed E-state index contributed by atoms with van der Waals surface area (Å²) in [5.41, 5.74) is 0.184. The lowest BCUT2D eigenvalue weighted by Gasteiger charge is -2.43. The highest BCUT2D eigenvalue weighted by atomic mass is 19.4. The molecule has 39 heavy (non-hydrogen) atoms. The lowest BCUT2D eigenvalue weighted by molar-refractivity contribution is -0.183. The van der Waals surface area contributed by atoms with Crippen LogP contribution in [0.3, 0.4) is 0 Å². The highest BCUT2D eigenvalue weighted by Crippen LogP contribution is 2.44. The Kier molecular flexibility index (Phi) is 9.02. The van der Waals surface area contributed by atoms with E-state index in [4.69, 9.17) is 23.7 Å². The van der Waals surface area contributed by atoms with Crippen LogP contribution in [0.4, 0.5) is 13.2 Å². The molecule has 0 radical (unpaired) electrons. The van der Waals surface area contributed by atoms with Crippen LogP contribution in [-0.4, -0.2) is 55.9 Å². The van der Waals surface area contributed by atoms with E-state index >= 15 is 0 Å². The van der Waals surface area contributed by atoms with Crippen LogP contribution in [0.1, 0.15) is 48.9 Å². The molecular weight excluding hydrogens is 515 g/mol. The maximum absolute atomic E-state index is 13.6. The number of rotatable bonds is 10. The number of halogens is 3. The molecule has 4 rings (SSSR count). The molecule has 214 valence electrons. The number of hydrogen-bond donors (Lipinski definition) is 1. The van der Waals surface area contributed by atoms with Gasteiger partial charge in [0.15, 0.2) is 11.4 Å². The predicted octanol–water partition coefficient (Wildman–Crippen LogP) is 4.93. The van der Waals surface area contributed by atoms with Gasteiger partial charge >= 0.3 is 6.18 Å². The summed E-state index contributed by atoms with van der Waals surface area (Å²) in [5.74, 6) is -1.30. The standard InChI is InChI=1S/C29H36F3NO6/c1-19-8-10-20(11-9-19)17-36-23-15-28(26(34)33-12-13-35-4,16-24-25(23)39-27(2,3)38-24)37-18-21-6-5-7-22(14-21)29(30,31)32/h5-11,14,23-25H,12-13,15-18H2,1-4H3,(H,33,34)/t23-,24+,25-,28+/m0/s1. The molecule has 1 aliphatic carbocycles. The van der Waals surface area contributed by atoms with E-state index in [9.17, 15) is 18.0 Å². The van der Waals surface area contributed by atoms with Gasteiger partial charge in [-0.1, -0.05) is 42.0 Å². The van der Waals surface area contributed by atoms with Crippen molar-refractivity contribution in [3.8, 4) is 0 Å². The topological polar surface area (TPSA) is 75.3 Å². The van der Waals surface area contributed by atoms with Gasteiger partial charge in [0, 0.05) is 26.5 Å². The second kappa shape index (κ2) is 11.9. The summed E-state index contributed by atoms with van der Waals surface area (Å²) >= 11 is 0. The lowest BCUT2D eigenvalue weighted by Crippen LogP contribution is -2.60. The molecule has 2 fully saturated rings. The average Bonchev–Trinajstić information content (AvgIpc) is 3.20. The summed E-state index contributed by atoms with van der Waals surface area (Å²) in [7, 11) is 1.53. The fourth-order valence-electron chi connectivity index (χ4n) is 5.08. The minimum Gasteiger partial charge on any atom is -0.383 e. The zero-order chi connectivity index (χ0) is 28.3. The number of aryl methyl sites for hydroxylation is 1. The molecule has 2 aromatic rings. The van der Waals surface area contributed by atoms with E-state index in [1.807, 2.05) is 31.2 Å². The van der Waals surface area contributed by atoms with Crippen molar-refractivity contribution in [3.63, 3.8) is 0 Å². The number of carbonyl (C=O) groups is 1. The van der Waals surface area contributed by atoms with E-state index in [1.165, 1.54) is 13.2 Å². The minimum absolute atomic E-state index is 0.136. The van der Waals surface area contributed by atoms with Crippen LogP contribution in [0, 0.1) is 6.92 Å². The van der Waals surface area contributed by atoms with Gasteiger partial charge in [0.25, 0.3) is 5.91 Å². The van der Waals surface area contributed by atoms with Crippen molar-refractivity contribution in [2.45, 2.75) is 82.7 Å². The first-order chi connectivity index (χ1) is 18.4. The van der Waals surface area contributed by atoms with Crippen LogP contribution in [0.2, 0.25) is 0 Å². The molecule has 1 amide bonds. The van der Waals surface area contributed by atoms with Crippen molar-refractivity contribution in [2.75, 3.05) is 20.3 Å². The molecule has 10 heteroatoms. The highest BCUT2D eigenvalue weighted by molar-refractivity contribution is 5.85. The van der Waals surface area contributed by atoms with Crippen molar-refractivity contribution >= 4 is 5.91 Å². The molecular formula is C29H36F3NO6. The number of ether oxygens (including phenoxy) is 5. The second-order valence-electron chi connectivity index (χ2n) is 10.6. The Bertz CT molecular complexity index is 1120. The number of hydrogen-bond acceptors (Lipinski definition) is 6. The third kappa shape index (κ3) is 7.37. The van der Waals surface area contributed by atoms with E-state index in [0.717, 1.165) is 23.3 Å². The Morgan fingerprint density at radius 3 is 2.49 bits per heavy atom. The number of carbonyl (C=O) groups excluding carboxylic acids is 1. The molecule has 1 aliphatic heterocycles. The molecule has 4 atom stereocenters. The molecule has 0 bridgehead atoms. The maximum atomic E-state index is 13.6. The quantitative estimate of drug-likeness (QED) is 0.422. The lowest BCUT2D eigenvalue weighted by atomic mass is 9.78. The number of fused-ring (bicyclic) bond motifs is 1. The SMILES string of the molecule is COCCNC(=O)[C@@]1(OCc2cccc(C(F)(F)F)c2)C[C@H](OCc2ccc(C)cc2)[C@@H]2OC(C)(C)O[C@@H]2C1. The van der Waals surface area contributed by atoms with Gasteiger partial charge in [0.2, 0.25) is 0 Å². The minimum atomic E-state index is -4.49. The first kappa shape index (κ1) is 29.5. The molecule has 2 aliphatic rings. The van der Waals surface area contributed by atoms with Crippen molar-refractivity contribution in [2.24, 2.45) is 0 Å². The second-order valence-corrected chi connectivity index (χ2v) is 10.6. The fraction of sp³-hybridized carbons (Fsp3) is 0.552. The summed E-state index contributed by atoms with van der Waals surface area (Å²) in [6.07, 6.45) is -5.73. The smallest absolute Gasteiger partial charge is 0.383 e. The van der Waals surface area contributed by atoms with Gasteiger partial charge < -0.3 is 29.0 Å². The number of amides is 1. The Hall–Kier alpha value is -2.50. The Morgan fingerprint density at radius 2 is 1.79 bits per heavy atom. The summed E-state index contributed by atoms with van der Waals surface area (Å²) < 4.78 is 69.9. The van der Waals surface area contributed by atoms with Crippen molar-refractivity contribution in [1.29, 1.82) is 0 Å². The van der Waals surface area contributed by atoms with Gasteiger partial charge in [-0.2, -0.15) is 13.2 Å². The molecule has 1 saturated carbocycles. The van der Waals surface area contributed by atoms with Crippen LogP contribution < -0.4 is 5.32 Å². The van der Waals surface area contributed by atoms with Crippen molar-refractivity contribution < 1.29 is 41.7 Å². The Morgan fingerprint density at radius 1 is 1.05 bits per heavy atom. The van der Waals surface area contributed by atoms with E-state index in [0.29, 0.717) is 12.2 Å². The predicted molar refractivity (Wildman–Crippen MR) is 137 cm³/mol. The van der Waals surface area contributed by atoms with Gasteiger partial charge in [0.1, 0.15) is 6.10 Å². The number of methoxy groups -OCH3 is 1. The van der Waals surface area contributed by atoms with Gasteiger partial charge in [-0.05, 0) is 44.0 Å². The first-order valence-electron chi connectivity index (χ1n) is 13.0. The van der Waals surface area contributed by atoms with Crippen LogP contribution in [0.5, 0.6) is 0 Å². The normalized spacial score (nSPS) is 26.3. The van der Waals surface area contributed by atoms with Crippen LogP contribution in [0.25, 0.3) is 0 Å². The zero-order valence-electron chi connectivity index (χ0n) is 22.7. The summed E-state index contributed by atoms with van der Waals surface area (Å²) in [4.78, 5) is 13.6. The zero-order valence-corrected chi connectivity index (χ0v) is 22.7. The summed E-state index contributed by atoms with van der Waals surface area (Å²) in [6, 6.07) is 12.8. The fourth-order valence-corrected chi connectivity index (χ4v) is 5.08. The summed E-state index contributed by atoms with van der Waals surface area (Å²) in [6.45, 7) is 6.22. The van der Waals surface area contributed by atoms with Gasteiger partial charge in [-0.25, -0.2) is 0 Å². The molecule has 1 N–H and O–H groups in total. The van der Waals surface area contributed by atoms with Crippen molar-refractivity contribution in [1.82, 2.24) is 5.32 Å². The maximum Gasteiger partial charge on any atom is 0.416 e. The van der Waals surface area contributed by atoms with Crippen LogP contribution in [-0.2, 0) is 47.9 Å². The van der Waals surface area contributed by atoms with Crippen molar-refractivity contribution in [3.05, 3.63) is 70.8 Å². The molecule has 0 unspecified atom stereocenters. The molecule has 0 aromatic heterocycles. The Balaban J connectivity index is 1.60. The number of alkyl halides is 3. The van der Waals surface area contributed by atoms with E-state index in [1.54, 1.807) is 19.9 Å². The van der Waals surface area contributed by atoms with E-state index in [-0.39, 0.29) is 32.6 Å². The van der Waals surface area contributed by atoms with Crippen LogP contribution in [0.15, 0.2) is 48.5 Å². The molecule has 0 spiro atoms. The molecule has 7 nitrogen and oxygen atoms in total. The van der Waals surface area contributed by atoms with E-state index in [2.05, 4.69) is 5.32 Å². The number of benzene rings is 2. The van der Waals surface area contributed by atoms with Gasteiger partial charge in [-0.3, -0.25) is 4.79 Å². The third-order valence-corrected chi connectivity index (χ3v) is 7.01. The summed E-state index contributed by atoms with van der Waals surface area (Å²) in [5, 5.41) is 2.85. The molecule has 1 saturated heterocycles. The molecule has 2 aromatic carbocycles. The van der Waals surface area contributed by atoms with E-state index < -0.39 is 47.3 Å². The first-order valence-corrected chi connectivity index (χ1v) is 13.0. The highest BCUT2D eigenvalue weighted by Gasteiger charge is 2.58. The molecule has 1 heterocycles. The van der Waals surface area contributed by atoms with Crippen LogP contribution >= 0.6 is 0 Å².